The lowest BCUT2D eigenvalue weighted by Crippen LogP contribution is -2.21. The number of anilines is 2. The molecule has 0 aliphatic carbocycles. The Hall–Kier alpha value is -1.04. The molecule has 0 atom stereocenters. The van der Waals surface area contributed by atoms with E-state index in [1.807, 2.05) is 7.05 Å². The summed E-state index contributed by atoms with van der Waals surface area (Å²) in [5.41, 5.74) is 0. The van der Waals surface area contributed by atoms with E-state index in [9.17, 15) is 0 Å². The van der Waals surface area contributed by atoms with Crippen molar-refractivity contribution in [2.24, 2.45) is 0 Å². The van der Waals surface area contributed by atoms with Crippen LogP contribution in [0.4, 0.5) is 11.9 Å². The molecule has 1 saturated heterocycles. The molecule has 6 heteroatoms. The summed E-state index contributed by atoms with van der Waals surface area (Å²) in [6.07, 6.45) is 2.46. The number of thioether (sulfide) groups is 1. The summed E-state index contributed by atoms with van der Waals surface area (Å²) in [4.78, 5) is 15.5. The van der Waals surface area contributed by atoms with Gasteiger partial charge in [-0.3, -0.25) is 0 Å². The van der Waals surface area contributed by atoms with E-state index < -0.39 is 0 Å². The zero-order chi connectivity index (χ0) is 12.3. The summed E-state index contributed by atoms with van der Waals surface area (Å²) in [7, 11) is 1.84. The van der Waals surface area contributed by atoms with Crippen molar-refractivity contribution in [2.45, 2.75) is 37.1 Å². The Bertz CT molecular complexity index is 376. The number of hydrogen-bond acceptors (Lipinski definition) is 6. The average molecular weight is 253 g/mol. The summed E-state index contributed by atoms with van der Waals surface area (Å²) >= 11 is 1.67. The molecule has 5 nitrogen and oxygen atoms in total. The van der Waals surface area contributed by atoms with Crippen LogP contribution in [-0.4, -0.2) is 40.3 Å². The lowest BCUT2D eigenvalue weighted by atomic mass is 10.4. The predicted molar refractivity (Wildman–Crippen MR) is 71.8 cm³/mol. The van der Waals surface area contributed by atoms with E-state index in [2.05, 4.69) is 39.0 Å². The van der Waals surface area contributed by atoms with Gasteiger partial charge in [0.15, 0.2) is 5.16 Å². The Labute approximate surface area is 106 Å². The predicted octanol–water partition coefficient (Wildman–Crippen LogP) is 2.01. The van der Waals surface area contributed by atoms with Crippen LogP contribution in [0.2, 0.25) is 0 Å². The minimum atomic E-state index is 0.480. The van der Waals surface area contributed by atoms with Gasteiger partial charge >= 0.3 is 0 Å². The van der Waals surface area contributed by atoms with Crippen LogP contribution in [0.3, 0.4) is 0 Å². The summed E-state index contributed by atoms with van der Waals surface area (Å²) in [5, 5.41) is 4.29. The van der Waals surface area contributed by atoms with Crippen LogP contribution < -0.4 is 10.2 Å². The molecule has 1 aliphatic heterocycles. The number of nitrogens with zero attached hydrogens (tertiary/aromatic N) is 4. The van der Waals surface area contributed by atoms with Crippen molar-refractivity contribution in [1.29, 1.82) is 0 Å². The van der Waals surface area contributed by atoms with Gasteiger partial charge in [-0.15, -0.1) is 0 Å². The second-order valence-corrected chi connectivity index (χ2v) is 5.90. The first-order valence-corrected chi connectivity index (χ1v) is 6.92. The van der Waals surface area contributed by atoms with Crippen molar-refractivity contribution in [3.63, 3.8) is 0 Å². The highest BCUT2D eigenvalue weighted by Crippen LogP contribution is 2.23. The van der Waals surface area contributed by atoms with E-state index in [0.717, 1.165) is 24.2 Å². The summed E-state index contributed by atoms with van der Waals surface area (Å²) in [6.45, 7) is 6.39. The topological polar surface area (TPSA) is 53.9 Å². The second kappa shape index (κ2) is 5.53. The molecule has 1 fully saturated rings. The van der Waals surface area contributed by atoms with Gasteiger partial charge < -0.3 is 10.2 Å². The second-order valence-electron chi connectivity index (χ2n) is 4.35. The van der Waals surface area contributed by atoms with Crippen molar-refractivity contribution >= 4 is 23.7 Å². The molecular formula is C11H19N5S. The van der Waals surface area contributed by atoms with E-state index in [1.165, 1.54) is 12.8 Å². The Morgan fingerprint density at radius 1 is 1.18 bits per heavy atom. The molecule has 0 bridgehead atoms. The van der Waals surface area contributed by atoms with Crippen molar-refractivity contribution < 1.29 is 0 Å². The summed E-state index contributed by atoms with van der Waals surface area (Å²) < 4.78 is 0. The highest BCUT2D eigenvalue weighted by atomic mass is 32.2. The Morgan fingerprint density at radius 3 is 2.47 bits per heavy atom. The highest BCUT2D eigenvalue weighted by molar-refractivity contribution is 7.99. The van der Waals surface area contributed by atoms with Gasteiger partial charge in [0.25, 0.3) is 0 Å². The third-order valence-corrected chi connectivity index (χ3v) is 3.42. The van der Waals surface area contributed by atoms with Crippen LogP contribution in [0.1, 0.15) is 26.7 Å². The van der Waals surface area contributed by atoms with E-state index >= 15 is 0 Å². The van der Waals surface area contributed by atoms with E-state index in [-0.39, 0.29) is 0 Å². The van der Waals surface area contributed by atoms with Crippen LogP contribution in [0, 0.1) is 0 Å². The minimum absolute atomic E-state index is 0.480. The molecule has 2 rings (SSSR count). The molecule has 1 aliphatic rings. The molecule has 94 valence electrons. The largest absolute Gasteiger partial charge is 0.357 e. The summed E-state index contributed by atoms with van der Waals surface area (Å²) in [5.74, 6) is 1.47. The zero-order valence-corrected chi connectivity index (χ0v) is 11.4. The first kappa shape index (κ1) is 12.4. The standard InChI is InChI=1S/C11H19N5S/c1-8(2)17-11-14-9(12-3)13-10(15-11)16-6-4-5-7-16/h8H,4-7H2,1-3H3,(H,12,13,14,15). The highest BCUT2D eigenvalue weighted by Gasteiger charge is 2.17. The first-order valence-electron chi connectivity index (χ1n) is 6.04. The van der Waals surface area contributed by atoms with Gasteiger partial charge in [-0.1, -0.05) is 25.6 Å². The van der Waals surface area contributed by atoms with Gasteiger partial charge in [-0.25, -0.2) is 0 Å². The van der Waals surface area contributed by atoms with Gasteiger partial charge in [0.2, 0.25) is 11.9 Å². The SMILES string of the molecule is CNc1nc(SC(C)C)nc(N2CCCC2)n1. The van der Waals surface area contributed by atoms with Gasteiger partial charge in [0, 0.05) is 25.4 Å². The molecule has 0 amide bonds. The molecule has 0 aromatic carbocycles. The van der Waals surface area contributed by atoms with Crippen molar-refractivity contribution in [2.75, 3.05) is 30.4 Å². The molecule has 0 spiro atoms. The third kappa shape index (κ3) is 3.21. The molecule has 0 radical (unpaired) electrons. The summed E-state index contributed by atoms with van der Waals surface area (Å²) in [6, 6.07) is 0. The number of rotatable bonds is 4. The minimum Gasteiger partial charge on any atom is -0.357 e. The van der Waals surface area contributed by atoms with E-state index in [0.29, 0.717) is 11.2 Å². The Kier molecular flexibility index (Phi) is 4.04. The average Bonchev–Trinajstić information content (AvgIpc) is 2.81. The smallest absolute Gasteiger partial charge is 0.231 e. The molecular weight excluding hydrogens is 234 g/mol. The van der Waals surface area contributed by atoms with E-state index in [1.54, 1.807) is 11.8 Å². The molecule has 17 heavy (non-hydrogen) atoms. The van der Waals surface area contributed by atoms with Crippen LogP contribution in [0.15, 0.2) is 5.16 Å². The maximum atomic E-state index is 4.53. The molecule has 2 heterocycles. The number of aromatic nitrogens is 3. The first-order chi connectivity index (χ1) is 8.19. The van der Waals surface area contributed by atoms with Crippen LogP contribution in [0.5, 0.6) is 0 Å². The van der Waals surface area contributed by atoms with Crippen LogP contribution >= 0.6 is 11.8 Å². The van der Waals surface area contributed by atoms with Gasteiger partial charge in [-0.05, 0) is 12.8 Å². The maximum Gasteiger partial charge on any atom is 0.231 e. The van der Waals surface area contributed by atoms with Crippen LogP contribution in [0.25, 0.3) is 0 Å². The van der Waals surface area contributed by atoms with Gasteiger partial charge in [-0.2, -0.15) is 15.0 Å². The van der Waals surface area contributed by atoms with Crippen LogP contribution in [-0.2, 0) is 0 Å². The monoisotopic (exact) mass is 253 g/mol. The zero-order valence-electron chi connectivity index (χ0n) is 10.6. The Balaban J connectivity index is 2.24. The molecule has 1 aromatic heterocycles. The molecule has 1 N–H and O–H groups in total. The quantitative estimate of drug-likeness (QED) is 0.828. The lowest BCUT2D eigenvalue weighted by molar-refractivity contribution is 0.828. The molecule has 1 aromatic rings. The Morgan fingerprint density at radius 2 is 1.88 bits per heavy atom. The van der Waals surface area contributed by atoms with Crippen molar-refractivity contribution in [3.05, 3.63) is 0 Å². The normalized spacial score (nSPS) is 15.6. The van der Waals surface area contributed by atoms with Gasteiger partial charge in [0.05, 0.1) is 0 Å². The number of nitrogens with one attached hydrogen (secondary N) is 1. The van der Waals surface area contributed by atoms with Crippen molar-refractivity contribution in [1.82, 2.24) is 15.0 Å². The number of hydrogen-bond donors (Lipinski definition) is 1. The van der Waals surface area contributed by atoms with E-state index in [4.69, 9.17) is 0 Å². The molecule has 0 unspecified atom stereocenters. The fourth-order valence-corrected chi connectivity index (χ4v) is 2.47. The fraction of sp³-hybridized carbons (Fsp3) is 0.727. The molecule has 0 saturated carbocycles. The lowest BCUT2D eigenvalue weighted by Gasteiger charge is -2.16. The van der Waals surface area contributed by atoms with Crippen molar-refractivity contribution in [3.8, 4) is 0 Å². The third-order valence-electron chi connectivity index (χ3n) is 2.56. The fourth-order valence-electron chi connectivity index (χ4n) is 1.78. The maximum absolute atomic E-state index is 4.53. The van der Waals surface area contributed by atoms with Gasteiger partial charge in [0.1, 0.15) is 0 Å².